The average Bonchev–Trinajstić information content (AvgIpc) is 3.42. The van der Waals surface area contributed by atoms with Gasteiger partial charge in [-0.1, -0.05) is 12.1 Å². The maximum atomic E-state index is 12.8. The molecule has 0 saturated heterocycles. The standard InChI is InChI=1S/C25H18N2O6/c28-21-10-16(18-8-14-4-3-5-15(14)9-20(18)32-21)12-31-22(29)11-27-13-26-23-17-6-1-2-7-19(17)33-24(23)25(27)30/h1-2,6-10,13H,3-5,11-12H2. The highest BCUT2D eigenvalue weighted by molar-refractivity contribution is 6.01. The molecular weight excluding hydrogens is 424 g/mol. The van der Waals surface area contributed by atoms with E-state index in [1.54, 1.807) is 6.07 Å². The quantitative estimate of drug-likeness (QED) is 0.310. The molecule has 2 aromatic carbocycles. The molecule has 33 heavy (non-hydrogen) atoms. The number of carbonyl (C=O) groups is 1. The number of aromatic nitrogens is 2. The molecule has 5 aromatic rings. The van der Waals surface area contributed by atoms with Crippen molar-refractivity contribution in [3.63, 3.8) is 0 Å². The molecule has 1 aliphatic rings. The van der Waals surface area contributed by atoms with Gasteiger partial charge in [0.1, 0.15) is 29.8 Å². The summed E-state index contributed by atoms with van der Waals surface area (Å²) >= 11 is 0. The second-order valence-electron chi connectivity index (χ2n) is 8.18. The number of furan rings is 1. The van der Waals surface area contributed by atoms with Gasteiger partial charge in [-0.2, -0.15) is 0 Å². The van der Waals surface area contributed by atoms with Crippen LogP contribution in [0.5, 0.6) is 0 Å². The molecule has 0 N–H and O–H groups in total. The van der Waals surface area contributed by atoms with Crippen LogP contribution in [0.1, 0.15) is 23.1 Å². The fourth-order valence-electron chi connectivity index (χ4n) is 4.49. The molecule has 0 fully saturated rings. The second-order valence-corrected chi connectivity index (χ2v) is 8.18. The molecule has 0 spiro atoms. The van der Waals surface area contributed by atoms with E-state index in [-0.39, 0.29) is 18.7 Å². The number of ether oxygens (including phenoxy) is 1. The van der Waals surface area contributed by atoms with Crippen molar-refractivity contribution in [3.8, 4) is 0 Å². The Morgan fingerprint density at radius 2 is 1.82 bits per heavy atom. The van der Waals surface area contributed by atoms with Crippen LogP contribution < -0.4 is 11.2 Å². The minimum atomic E-state index is -0.628. The third kappa shape index (κ3) is 3.31. The van der Waals surface area contributed by atoms with Gasteiger partial charge in [0.25, 0.3) is 5.56 Å². The van der Waals surface area contributed by atoms with Crippen LogP contribution in [0.3, 0.4) is 0 Å². The fourth-order valence-corrected chi connectivity index (χ4v) is 4.49. The maximum absolute atomic E-state index is 12.8. The Bertz CT molecular complexity index is 1690. The number of carbonyl (C=O) groups excluding carboxylic acids is 1. The van der Waals surface area contributed by atoms with E-state index in [1.807, 2.05) is 30.3 Å². The molecule has 0 aliphatic heterocycles. The predicted molar refractivity (Wildman–Crippen MR) is 120 cm³/mol. The monoisotopic (exact) mass is 442 g/mol. The van der Waals surface area contributed by atoms with Gasteiger partial charge in [0.15, 0.2) is 0 Å². The van der Waals surface area contributed by atoms with Crippen molar-refractivity contribution in [2.24, 2.45) is 0 Å². The summed E-state index contributed by atoms with van der Waals surface area (Å²) < 4.78 is 17.5. The van der Waals surface area contributed by atoms with Gasteiger partial charge in [0.2, 0.25) is 5.58 Å². The summed E-state index contributed by atoms with van der Waals surface area (Å²) in [6.45, 7) is -0.428. The summed E-state index contributed by atoms with van der Waals surface area (Å²) in [6.07, 6.45) is 4.32. The maximum Gasteiger partial charge on any atom is 0.336 e. The smallest absolute Gasteiger partial charge is 0.336 e. The Hall–Kier alpha value is -4.20. The largest absolute Gasteiger partial charge is 0.459 e. The van der Waals surface area contributed by atoms with Gasteiger partial charge < -0.3 is 13.6 Å². The Labute approximate surface area is 186 Å². The van der Waals surface area contributed by atoms with Crippen LogP contribution in [-0.4, -0.2) is 15.5 Å². The summed E-state index contributed by atoms with van der Waals surface area (Å²) in [5.74, 6) is -0.628. The Morgan fingerprint density at radius 3 is 2.70 bits per heavy atom. The van der Waals surface area contributed by atoms with Gasteiger partial charge >= 0.3 is 11.6 Å². The molecule has 0 radical (unpaired) electrons. The number of para-hydroxylation sites is 1. The number of aryl methyl sites for hydroxylation is 2. The highest BCUT2D eigenvalue weighted by atomic mass is 16.5. The lowest BCUT2D eigenvalue weighted by atomic mass is 10.0. The van der Waals surface area contributed by atoms with Gasteiger partial charge in [-0.3, -0.25) is 14.2 Å². The Kier molecular flexibility index (Phi) is 4.39. The SMILES string of the molecule is O=C(Cn1cnc2c(oc3ccccc32)c1=O)OCc1cc(=O)oc2cc3c(cc12)CCC3. The van der Waals surface area contributed by atoms with Crippen LogP contribution in [0.2, 0.25) is 0 Å². The lowest BCUT2D eigenvalue weighted by molar-refractivity contribution is -0.145. The highest BCUT2D eigenvalue weighted by Crippen LogP contribution is 2.29. The van der Waals surface area contributed by atoms with Crippen LogP contribution in [0.15, 0.2) is 67.2 Å². The first-order valence-corrected chi connectivity index (χ1v) is 10.7. The van der Waals surface area contributed by atoms with E-state index in [4.69, 9.17) is 13.6 Å². The second kappa shape index (κ2) is 7.44. The molecule has 0 amide bonds. The van der Waals surface area contributed by atoms with Gasteiger partial charge in [0.05, 0.1) is 6.33 Å². The predicted octanol–water partition coefficient (Wildman–Crippen LogP) is 3.48. The molecule has 8 heteroatoms. The molecule has 3 heterocycles. The van der Waals surface area contributed by atoms with E-state index in [0.29, 0.717) is 22.2 Å². The zero-order chi connectivity index (χ0) is 22.5. The molecule has 0 saturated carbocycles. The lowest BCUT2D eigenvalue weighted by Gasteiger charge is -2.09. The lowest BCUT2D eigenvalue weighted by Crippen LogP contribution is -2.25. The topological polar surface area (TPSA) is 105 Å². The van der Waals surface area contributed by atoms with Gasteiger partial charge in [0, 0.05) is 22.4 Å². The van der Waals surface area contributed by atoms with Crippen molar-refractivity contribution < 1.29 is 18.4 Å². The average molecular weight is 442 g/mol. The molecule has 6 rings (SSSR count). The van der Waals surface area contributed by atoms with Crippen molar-refractivity contribution in [2.45, 2.75) is 32.4 Å². The van der Waals surface area contributed by atoms with Crippen molar-refractivity contribution in [3.05, 3.63) is 86.3 Å². The minimum absolute atomic E-state index is 0.0898. The van der Waals surface area contributed by atoms with Crippen molar-refractivity contribution >= 4 is 39.0 Å². The number of hydrogen-bond donors (Lipinski definition) is 0. The zero-order valence-corrected chi connectivity index (χ0v) is 17.5. The number of hydrogen-bond acceptors (Lipinski definition) is 7. The van der Waals surface area contributed by atoms with Crippen molar-refractivity contribution in [1.82, 2.24) is 9.55 Å². The minimum Gasteiger partial charge on any atom is -0.459 e. The first-order valence-electron chi connectivity index (χ1n) is 10.7. The molecule has 164 valence electrons. The van der Waals surface area contributed by atoms with Crippen LogP contribution in [-0.2, 0) is 35.5 Å². The van der Waals surface area contributed by atoms with Gasteiger partial charge in [-0.15, -0.1) is 0 Å². The first kappa shape index (κ1) is 19.5. The molecule has 0 bridgehead atoms. The summed E-state index contributed by atoms with van der Waals surface area (Å²) in [6, 6.07) is 12.5. The van der Waals surface area contributed by atoms with Crippen LogP contribution >= 0.6 is 0 Å². The van der Waals surface area contributed by atoms with E-state index in [2.05, 4.69) is 4.98 Å². The third-order valence-corrected chi connectivity index (χ3v) is 6.08. The summed E-state index contributed by atoms with van der Waals surface area (Å²) in [5.41, 5.74) is 3.61. The van der Waals surface area contributed by atoms with Gasteiger partial charge in [-0.05, 0) is 54.7 Å². The highest BCUT2D eigenvalue weighted by Gasteiger charge is 2.17. The van der Waals surface area contributed by atoms with E-state index in [9.17, 15) is 14.4 Å². The Morgan fingerprint density at radius 1 is 1.00 bits per heavy atom. The number of fused-ring (bicyclic) bond motifs is 5. The molecule has 1 aliphatic carbocycles. The number of nitrogens with zero attached hydrogens (tertiary/aromatic N) is 2. The third-order valence-electron chi connectivity index (χ3n) is 6.08. The first-order chi connectivity index (χ1) is 16.1. The van der Waals surface area contributed by atoms with Crippen LogP contribution in [0, 0.1) is 0 Å². The van der Waals surface area contributed by atoms with E-state index in [1.165, 1.54) is 23.5 Å². The number of rotatable bonds is 4. The zero-order valence-electron chi connectivity index (χ0n) is 17.5. The van der Waals surface area contributed by atoms with E-state index >= 15 is 0 Å². The molecular formula is C25H18N2O6. The van der Waals surface area contributed by atoms with Crippen LogP contribution in [0.4, 0.5) is 0 Å². The van der Waals surface area contributed by atoms with Crippen molar-refractivity contribution in [2.75, 3.05) is 0 Å². The van der Waals surface area contributed by atoms with E-state index < -0.39 is 17.2 Å². The number of esters is 1. The van der Waals surface area contributed by atoms with Crippen LogP contribution in [0.25, 0.3) is 33.0 Å². The Balaban J connectivity index is 1.26. The summed E-state index contributed by atoms with van der Waals surface area (Å²) in [4.78, 5) is 41.6. The van der Waals surface area contributed by atoms with Gasteiger partial charge in [-0.25, -0.2) is 9.78 Å². The molecule has 0 unspecified atom stereocenters. The summed E-state index contributed by atoms with van der Waals surface area (Å²) in [5, 5.41) is 1.49. The summed E-state index contributed by atoms with van der Waals surface area (Å²) in [7, 11) is 0. The van der Waals surface area contributed by atoms with Crippen molar-refractivity contribution in [1.29, 1.82) is 0 Å². The molecule has 3 aromatic heterocycles. The normalized spacial score (nSPS) is 13.1. The molecule has 8 nitrogen and oxygen atoms in total. The number of benzene rings is 2. The van der Waals surface area contributed by atoms with E-state index in [0.717, 1.165) is 34.6 Å². The molecule has 0 atom stereocenters. The fraction of sp³-hybridized carbons (Fsp3) is 0.200.